The van der Waals surface area contributed by atoms with E-state index in [1.807, 2.05) is 38.1 Å². The van der Waals surface area contributed by atoms with E-state index < -0.39 is 0 Å². The van der Waals surface area contributed by atoms with Crippen molar-refractivity contribution in [2.45, 2.75) is 13.8 Å². The highest BCUT2D eigenvalue weighted by Gasteiger charge is 2.20. The van der Waals surface area contributed by atoms with Crippen molar-refractivity contribution in [2.75, 3.05) is 39.3 Å². The summed E-state index contributed by atoms with van der Waals surface area (Å²) < 4.78 is 0. The Hall–Kier alpha value is -2.08. The van der Waals surface area contributed by atoms with Crippen molar-refractivity contribution in [3.8, 4) is 12.1 Å². The van der Waals surface area contributed by atoms with Crippen LogP contribution in [0.5, 0.6) is 0 Å². The van der Waals surface area contributed by atoms with Gasteiger partial charge < -0.3 is 15.1 Å². The highest BCUT2D eigenvalue weighted by molar-refractivity contribution is 5.53. The summed E-state index contributed by atoms with van der Waals surface area (Å²) in [6.07, 6.45) is 3.88. The van der Waals surface area contributed by atoms with Crippen LogP contribution in [-0.2, 0) is 0 Å². The predicted octanol–water partition coefficient (Wildman–Crippen LogP) is -1.08. The van der Waals surface area contributed by atoms with E-state index in [-0.39, 0.29) is 5.57 Å². The maximum atomic E-state index is 8.98. The van der Waals surface area contributed by atoms with Gasteiger partial charge in [0.2, 0.25) is 0 Å². The molecule has 2 heterocycles. The van der Waals surface area contributed by atoms with Gasteiger partial charge in [-0.15, -0.1) is 0 Å². The van der Waals surface area contributed by atoms with Gasteiger partial charge in [-0.05, 0) is 26.0 Å². The molecule has 5 heteroatoms. The van der Waals surface area contributed by atoms with Gasteiger partial charge in [-0.2, -0.15) is 10.5 Å². The van der Waals surface area contributed by atoms with Crippen molar-refractivity contribution in [1.29, 1.82) is 10.5 Å². The summed E-state index contributed by atoms with van der Waals surface area (Å²) in [6.45, 7) is 11.1. The Kier molecular flexibility index (Phi) is 5.16. The van der Waals surface area contributed by atoms with Crippen molar-refractivity contribution in [2.24, 2.45) is 0 Å². The first-order chi connectivity index (χ1) is 10.2. The summed E-state index contributed by atoms with van der Waals surface area (Å²) in [5.74, 6) is 0. The molecule has 3 N–H and O–H groups in total. The average molecular weight is 285 g/mol. The Morgan fingerprint density at radius 1 is 1.19 bits per heavy atom. The molecule has 0 aromatic carbocycles. The van der Waals surface area contributed by atoms with Gasteiger partial charge in [0.05, 0.1) is 13.1 Å². The fraction of sp³-hybridized carbons (Fsp3) is 0.500. The van der Waals surface area contributed by atoms with Crippen LogP contribution < -0.4 is 10.2 Å². The molecule has 2 rings (SSSR count). The molecule has 2 aliphatic heterocycles. The van der Waals surface area contributed by atoms with Crippen LogP contribution in [0.4, 0.5) is 0 Å². The van der Waals surface area contributed by atoms with Gasteiger partial charge in [-0.3, -0.25) is 0 Å². The number of nitrogens with two attached hydrogens (primary N) is 1. The van der Waals surface area contributed by atoms with Gasteiger partial charge in [0, 0.05) is 17.0 Å². The minimum absolute atomic E-state index is 0.186. The third-order valence-electron chi connectivity index (χ3n) is 4.19. The molecule has 0 aromatic rings. The van der Waals surface area contributed by atoms with E-state index in [1.54, 1.807) is 4.90 Å². The summed E-state index contributed by atoms with van der Waals surface area (Å²) in [7, 11) is 0. The molecule has 0 saturated carbocycles. The zero-order chi connectivity index (χ0) is 15.2. The number of nitrogens with zero attached hydrogens (tertiary/aromatic N) is 3. The van der Waals surface area contributed by atoms with Crippen molar-refractivity contribution in [3.05, 3.63) is 34.7 Å². The average Bonchev–Trinajstić information content (AvgIpc) is 2.49. The quantitative estimate of drug-likeness (QED) is 0.648. The predicted molar refractivity (Wildman–Crippen MR) is 79.7 cm³/mol. The Labute approximate surface area is 126 Å². The van der Waals surface area contributed by atoms with E-state index in [0.29, 0.717) is 0 Å². The van der Waals surface area contributed by atoms with E-state index in [0.717, 1.165) is 30.1 Å². The topological polar surface area (TPSA) is 71.9 Å². The van der Waals surface area contributed by atoms with Crippen LogP contribution in [0.1, 0.15) is 13.8 Å². The summed E-state index contributed by atoms with van der Waals surface area (Å²) >= 11 is 0. The fourth-order valence-electron chi connectivity index (χ4n) is 2.98. The number of allylic oxidation sites excluding steroid dienone is 6. The van der Waals surface area contributed by atoms with Crippen molar-refractivity contribution in [1.82, 2.24) is 4.90 Å². The van der Waals surface area contributed by atoms with Gasteiger partial charge in [0.1, 0.15) is 43.9 Å². The zero-order valence-electron chi connectivity index (χ0n) is 12.8. The van der Waals surface area contributed by atoms with Crippen molar-refractivity contribution < 1.29 is 10.2 Å². The lowest BCUT2D eigenvalue weighted by Crippen LogP contribution is -3.20. The summed E-state index contributed by atoms with van der Waals surface area (Å²) in [4.78, 5) is 3.94. The van der Waals surface area contributed by atoms with E-state index >= 15 is 0 Å². The molecule has 5 nitrogen and oxygen atoms in total. The molecular weight excluding hydrogens is 262 g/mol. The third-order valence-corrected chi connectivity index (χ3v) is 4.19. The minimum Gasteiger partial charge on any atom is -0.344 e. The molecule has 0 atom stereocenters. The summed E-state index contributed by atoms with van der Waals surface area (Å²) in [5.41, 5.74) is 3.13. The molecule has 0 spiro atoms. The SMILES string of the molecule is CC1=CC(=C(C#N)C#N)C=C(C)N1CC[NH+]1CC[NH2+]CC1. The number of piperazine rings is 1. The molecule has 21 heavy (non-hydrogen) atoms. The number of nitrogens with one attached hydrogen (secondary N) is 1. The molecular formula is C16H23N5+2. The van der Waals surface area contributed by atoms with Crippen molar-refractivity contribution in [3.63, 3.8) is 0 Å². The Bertz CT molecular complexity index is 526. The number of hydrogen-bond acceptors (Lipinski definition) is 3. The van der Waals surface area contributed by atoms with Gasteiger partial charge in [0.15, 0.2) is 0 Å². The monoisotopic (exact) mass is 285 g/mol. The number of nitriles is 2. The summed E-state index contributed by atoms with van der Waals surface area (Å²) in [6, 6.07) is 3.93. The molecule has 110 valence electrons. The van der Waals surface area contributed by atoms with Crippen LogP contribution in [0.2, 0.25) is 0 Å². The molecule has 0 bridgehead atoms. The van der Waals surface area contributed by atoms with Crippen LogP contribution in [-0.4, -0.2) is 44.2 Å². The van der Waals surface area contributed by atoms with Crippen LogP contribution >= 0.6 is 0 Å². The second-order valence-corrected chi connectivity index (χ2v) is 5.64. The summed E-state index contributed by atoms with van der Waals surface area (Å²) in [5, 5.41) is 20.3. The Morgan fingerprint density at radius 2 is 1.76 bits per heavy atom. The first-order valence-corrected chi connectivity index (χ1v) is 7.49. The molecule has 2 aliphatic rings. The second-order valence-electron chi connectivity index (χ2n) is 5.64. The Balaban J connectivity index is 2.05. The van der Waals surface area contributed by atoms with E-state index in [2.05, 4.69) is 10.2 Å². The first kappa shape index (κ1) is 15.3. The Morgan fingerprint density at radius 3 is 2.29 bits per heavy atom. The van der Waals surface area contributed by atoms with Crippen LogP contribution in [0.3, 0.4) is 0 Å². The van der Waals surface area contributed by atoms with E-state index in [9.17, 15) is 0 Å². The second kappa shape index (κ2) is 7.08. The van der Waals surface area contributed by atoms with Crippen LogP contribution in [0, 0.1) is 22.7 Å². The first-order valence-electron chi connectivity index (χ1n) is 7.49. The lowest BCUT2D eigenvalue weighted by molar-refractivity contribution is -0.946. The molecule has 0 aromatic heterocycles. The van der Waals surface area contributed by atoms with Crippen LogP contribution in [0.25, 0.3) is 0 Å². The molecule has 0 amide bonds. The van der Waals surface area contributed by atoms with Gasteiger partial charge in [-0.25, -0.2) is 0 Å². The zero-order valence-corrected chi connectivity index (χ0v) is 12.8. The third kappa shape index (κ3) is 3.72. The van der Waals surface area contributed by atoms with Gasteiger partial charge in [-0.1, -0.05) is 0 Å². The maximum absolute atomic E-state index is 8.98. The molecule has 1 fully saturated rings. The normalized spacial score (nSPS) is 19.4. The smallest absolute Gasteiger partial charge is 0.137 e. The standard InChI is InChI=1S/C16H21N5/c1-13-9-15(16(11-17)12-18)10-14(2)21(13)8-7-20-5-3-19-4-6-20/h9-10,19H,3-8H2,1-2H3/p+2. The molecule has 0 radical (unpaired) electrons. The number of quaternary nitrogens is 2. The largest absolute Gasteiger partial charge is 0.344 e. The van der Waals surface area contributed by atoms with Gasteiger partial charge in [0.25, 0.3) is 0 Å². The van der Waals surface area contributed by atoms with Gasteiger partial charge >= 0.3 is 0 Å². The highest BCUT2D eigenvalue weighted by Crippen LogP contribution is 2.23. The number of rotatable bonds is 3. The molecule has 0 aliphatic carbocycles. The highest BCUT2D eigenvalue weighted by atomic mass is 15.2. The molecule has 0 unspecified atom stereocenters. The van der Waals surface area contributed by atoms with E-state index in [1.165, 1.54) is 26.2 Å². The van der Waals surface area contributed by atoms with Crippen molar-refractivity contribution >= 4 is 0 Å². The molecule has 1 saturated heterocycles. The fourth-order valence-corrected chi connectivity index (χ4v) is 2.98. The van der Waals surface area contributed by atoms with E-state index in [4.69, 9.17) is 10.5 Å². The lowest BCUT2D eigenvalue weighted by Gasteiger charge is -2.31. The maximum Gasteiger partial charge on any atom is 0.137 e. The number of hydrogen-bond donors (Lipinski definition) is 2. The minimum atomic E-state index is 0.186. The lowest BCUT2D eigenvalue weighted by atomic mass is 10.0. The van der Waals surface area contributed by atoms with Crippen LogP contribution in [0.15, 0.2) is 34.7 Å².